The number of ketones is 1. The number of fused-ring (bicyclic) bond motifs is 1. The van der Waals surface area contributed by atoms with E-state index in [9.17, 15) is 14.0 Å². The lowest BCUT2D eigenvalue weighted by Gasteiger charge is -2.06. The fraction of sp³-hybridized carbons (Fsp3) is 0.143. The zero-order valence-electron chi connectivity index (χ0n) is 16.0. The van der Waals surface area contributed by atoms with Gasteiger partial charge < -0.3 is 15.6 Å². The van der Waals surface area contributed by atoms with Crippen molar-refractivity contribution in [1.82, 2.24) is 20.3 Å². The van der Waals surface area contributed by atoms with Crippen molar-refractivity contribution in [3.8, 4) is 0 Å². The summed E-state index contributed by atoms with van der Waals surface area (Å²) < 4.78 is 13.0. The minimum Gasteiger partial charge on any atom is -0.377 e. The molecule has 0 spiro atoms. The number of amides is 1. The molecule has 4 aromatic rings. The number of carbonyl (C=O) groups excluding carboxylic acids is 2. The molecule has 0 bridgehead atoms. The van der Waals surface area contributed by atoms with Crippen molar-refractivity contribution >= 4 is 39.7 Å². The molecule has 1 aromatic carbocycles. The van der Waals surface area contributed by atoms with E-state index in [1.807, 2.05) is 12.1 Å². The van der Waals surface area contributed by atoms with E-state index in [4.69, 9.17) is 0 Å². The van der Waals surface area contributed by atoms with Crippen LogP contribution in [0.15, 0.2) is 48.9 Å². The molecule has 3 N–H and O–H groups in total. The van der Waals surface area contributed by atoms with Crippen LogP contribution in [0.3, 0.4) is 0 Å². The normalized spacial score (nSPS) is 10.9. The van der Waals surface area contributed by atoms with E-state index in [-0.39, 0.29) is 29.7 Å². The van der Waals surface area contributed by atoms with E-state index in [1.165, 1.54) is 29.8 Å². The molecular weight excluding hydrogens is 405 g/mol. The molecule has 0 aliphatic carbocycles. The highest BCUT2D eigenvalue weighted by Gasteiger charge is 2.16. The second-order valence-corrected chi connectivity index (χ2v) is 7.80. The van der Waals surface area contributed by atoms with Gasteiger partial charge in [-0.25, -0.2) is 14.4 Å². The first-order valence-electron chi connectivity index (χ1n) is 9.19. The number of nitrogens with one attached hydrogen (secondary N) is 3. The van der Waals surface area contributed by atoms with Gasteiger partial charge >= 0.3 is 0 Å². The monoisotopic (exact) mass is 423 g/mol. The summed E-state index contributed by atoms with van der Waals surface area (Å²) in [4.78, 5) is 37.2. The minimum atomic E-state index is -0.357. The van der Waals surface area contributed by atoms with Crippen molar-refractivity contribution in [3.05, 3.63) is 75.8 Å². The highest BCUT2D eigenvalue weighted by molar-refractivity contribution is 7.14. The lowest BCUT2D eigenvalue weighted by Crippen LogP contribution is -2.24. The molecule has 1 amide bonds. The Morgan fingerprint density at radius 1 is 1.10 bits per heavy atom. The second kappa shape index (κ2) is 8.42. The number of benzene rings is 1. The van der Waals surface area contributed by atoms with Gasteiger partial charge in [0.05, 0.1) is 16.1 Å². The number of anilines is 1. The van der Waals surface area contributed by atoms with E-state index < -0.39 is 0 Å². The molecule has 9 heteroatoms. The maximum Gasteiger partial charge on any atom is 0.272 e. The number of rotatable bonds is 7. The number of aromatic nitrogens is 3. The average Bonchev–Trinajstić information content (AvgIpc) is 3.38. The van der Waals surface area contributed by atoms with Gasteiger partial charge in [0.15, 0.2) is 11.5 Å². The van der Waals surface area contributed by atoms with Crippen LogP contribution < -0.4 is 10.6 Å². The molecule has 0 atom stereocenters. The topological polar surface area (TPSA) is 99.8 Å². The largest absolute Gasteiger partial charge is 0.377 e. The first-order chi connectivity index (χ1) is 14.5. The first kappa shape index (κ1) is 19.7. The highest BCUT2D eigenvalue weighted by Crippen LogP contribution is 2.24. The Bertz CT molecular complexity index is 1220. The molecule has 3 heterocycles. The Balaban J connectivity index is 1.47. The third-order valence-electron chi connectivity index (χ3n) is 4.51. The van der Waals surface area contributed by atoms with Crippen LogP contribution in [0, 0.1) is 5.82 Å². The molecule has 0 aliphatic rings. The number of halogens is 1. The molecule has 4 rings (SSSR count). The van der Waals surface area contributed by atoms with Crippen LogP contribution in [0.2, 0.25) is 0 Å². The Labute approximate surface area is 175 Å². The van der Waals surface area contributed by atoms with Gasteiger partial charge in [-0.3, -0.25) is 9.59 Å². The van der Waals surface area contributed by atoms with Crippen molar-refractivity contribution in [2.75, 3.05) is 5.32 Å². The second-order valence-electron chi connectivity index (χ2n) is 6.63. The molecular formula is C21H18FN5O2S. The van der Waals surface area contributed by atoms with Gasteiger partial charge in [0.25, 0.3) is 5.91 Å². The first-order valence-corrected chi connectivity index (χ1v) is 10.0. The zero-order valence-corrected chi connectivity index (χ0v) is 16.8. The molecule has 0 radical (unpaired) electrons. The summed E-state index contributed by atoms with van der Waals surface area (Å²) in [6, 6.07) is 9.64. The third-order valence-corrected chi connectivity index (χ3v) is 5.69. The molecule has 7 nitrogen and oxygen atoms in total. The molecule has 0 fully saturated rings. The van der Waals surface area contributed by atoms with E-state index in [0.717, 1.165) is 16.1 Å². The van der Waals surface area contributed by atoms with Crippen LogP contribution in [-0.2, 0) is 13.1 Å². The number of Topliss-reactive ketones (excluding diaryl/α,β-unsaturated/α-hetero) is 1. The number of carbonyl (C=O) groups is 2. The molecule has 152 valence electrons. The Morgan fingerprint density at radius 2 is 1.90 bits per heavy atom. The average molecular weight is 423 g/mol. The number of nitrogens with zero attached hydrogens (tertiary/aromatic N) is 2. The Kier molecular flexibility index (Phi) is 5.53. The maximum absolute atomic E-state index is 13.0. The van der Waals surface area contributed by atoms with E-state index in [1.54, 1.807) is 25.3 Å². The highest BCUT2D eigenvalue weighted by atomic mass is 32.1. The van der Waals surface area contributed by atoms with Crippen LogP contribution in [0.25, 0.3) is 11.0 Å². The van der Waals surface area contributed by atoms with Crippen molar-refractivity contribution in [1.29, 1.82) is 0 Å². The van der Waals surface area contributed by atoms with E-state index >= 15 is 0 Å². The van der Waals surface area contributed by atoms with Crippen molar-refractivity contribution in [2.24, 2.45) is 0 Å². The van der Waals surface area contributed by atoms with Gasteiger partial charge in [0.1, 0.15) is 17.7 Å². The van der Waals surface area contributed by atoms with Gasteiger partial charge in [-0.1, -0.05) is 12.1 Å². The van der Waals surface area contributed by atoms with Gasteiger partial charge in [-0.05, 0) is 36.8 Å². The summed E-state index contributed by atoms with van der Waals surface area (Å²) in [6.45, 7) is 2.33. The van der Waals surface area contributed by atoms with Crippen LogP contribution in [-0.4, -0.2) is 26.6 Å². The summed E-state index contributed by atoms with van der Waals surface area (Å²) >= 11 is 1.44. The predicted octanol–water partition coefficient (Wildman–Crippen LogP) is 3.90. The quantitative estimate of drug-likeness (QED) is 0.392. The molecule has 0 saturated carbocycles. The lowest BCUT2D eigenvalue weighted by molar-refractivity contribution is 0.0946. The van der Waals surface area contributed by atoms with E-state index in [0.29, 0.717) is 22.5 Å². The standard InChI is InChI=1S/C21H18FN5O2S/c1-12(28)17-7-6-15(30-17)9-23-16-10-24-19-18(16)26-11-27-20(19)21(29)25-8-13-2-4-14(22)5-3-13/h2-7,10-11,23-24H,8-9H2,1H3,(H,25,29). The fourth-order valence-electron chi connectivity index (χ4n) is 2.96. The minimum absolute atomic E-state index is 0.0439. The van der Waals surface area contributed by atoms with Crippen LogP contribution in [0.1, 0.15) is 37.5 Å². The van der Waals surface area contributed by atoms with Crippen LogP contribution >= 0.6 is 11.3 Å². The smallest absolute Gasteiger partial charge is 0.272 e. The lowest BCUT2D eigenvalue weighted by atomic mass is 10.2. The van der Waals surface area contributed by atoms with Crippen LogP contribution in [0.4, 0.5) is 10.1 Å². The zero-order chi connectivity index (χ0) is 21.1. The summed E-state index contributed by atoms with van der Waals surface area (Å²) in [5.74, 6) is -0.638. The summed E-state index contributed by atoms with van der Waals surface area (Å²) in [5, 5.41) is 6.06. The van der Waals surface area contributed by atoms with Crippen molar-refractivity contribution < 1.29 is 14.0 Å². The van der Waals surface area contributed by atoms with Crippen LogP contribution in [0.5, 0.6) is 0 Å². The fourth-order valence-corrected chi connectivity index (χ4v) is 3.80. The summed E-state index contributed by atoms with van der Waals surface area (Å²) in [6.07, 6.45) is 3.07. The van der Waals surface area contributed by atoms with Crippen molar-refractivity contribution in [3.63, 3.8) is 0 Å². The number of aromatic amines is 1. The Hall–Kier alpha value is -3.59. The number of H-pyrrole nitrogens is 1. The number of hydrogen-bond acceptors (Lipinski definition) is 6. The summed E-state index contributed by atoms with van der Waals surface area (Å²) in [5.41, 5.74) is 2.86. The molecule has 0 unspecified atom stereocenters. The van der Waals surface area contributed by atoms with E-state index in [2.05, 4.69) is 25.6 Å². The SMILES string of the molecule is CC(=O)c1ccc(CNc2c[nH]c3c(C(=O)NCc4ccc(F)cc4)ncnc23)s1. The van der Waals surface area contributed by atoms with Gasteiger partial charge in [0.2, 0.25) is 0 Å². The number of hydrogen-bond donors (Lipinski definition) is 3. The molecule has 3 aromatic heterocycles. The number of thiophene rings is 1. The molecule has 30 heavy (non-hydrogen) atoms. The molecule has 0 aliphatic heterocycles. The predicted molar refractivity (Wildman–Crippen MR) is 113 cm³/mol. The molecule has 0 saturated heterocycles. The van der Waals surface area contributed by atoms with Crippen molar-refractivity contribution in [2.45, 2.75) is 20.0 Å². The maximum atomic E-state index is 13.0. The third kappa shape index (κ3) is 4.20. The van der Waals surface area contributed by atoms with Gasteiger partial charge in [0, 0.05) is 24.2 Å². The van der Waals surface area contributed by atoms with Gasteiger partial charge in [-0.2, -0.15) is 0 Å². The Morgan fingerprint density at radius 3 is 2.63 bits per heavy atom. The van der Waals surface area contributed by atoms with Gasteiger partial charge in [-0.15, -0.1) is 11.3 Å². The summed E-state index contributed by atoms with van der Waals surface area (Å²) in [7, 11) is 0.